The molecule has 28 heavy (non-hydrogen) atoms. The van der Waals surface area contributed by atoms with Crippen LogP contribution in [0.25, 0.3) is 5.69 Å². The molecule has 9 heteroatoms. The molecule has 3 aromatic rings. The van der Waals surface area contributed by atoms with Crippen LogP contribution in [-0.2, 0) is 21.4 Å². The number of nitrogens with one attached hydrogen (secondary N) is 1. The number of nitrogens with zero attached hydrogens (tertiary/aromatic N) is 3. The molecule has 1 heterocycles. The molecule has 0 aliphatic heterocycles. The Bertz CT molecular complexity index is 1050. The van der Waals surface area contributed by atoms with Gasteiger partial charge >= 0.3 is 0 Å². The second kappa shape index (κ2) is 8.45. The monoisotopic (exact) mass is 418 g/mol. The van der Waals surface area contributed by atoms with E-state index in [4.69, 9.17) is 11.6 Å². The Morgan fingerprint density at radius 1 is 1.21 bits per heavy atom. The van der Waals surface area contributed by atoms with E-state index >= 15 is 0 Å². The van der Waals surface area contributed by atoms with E-state index in [1.54, 1.807) is 30.7 Å². The number of halogens is 1. The summed E-state index contributed by atoms with van der Waals surface area (Å²) in [5.41, 5.74) is 2.19. The molecular formula is C19H19ClN4O3S. The second-order valence-electron chi connectivity index (χ2n) is 6.16. The summed E-state index contributed by atoms with van der Waals surface area (Å²) in [5, 5.41) is 3.14. The zero-order valence-corrected chi connectivity index (χ0v) is 16.7. The fourth-order valence-electron chi connectivity index (χ4n) is 2.62. The first-order valence-corrected chi connectivity index (χ1v) is 10.6. The van der Waals surface area contributed by atoms with Gasteiger partial charge in [-0.05, 0) is 35.9 Å². The molecule has 1 N–H and O–H groups in total. The number of hydrogen-bond acceptors (Lipinski definition) is 4. The zero-order chi connectivity index (χ0) is 20.1. The number of carbonyl (C=O) groups excluding carboxylic acids is 1. The molecule has 0 saturated carbocycles. The Morgan fingerprint density at radius 3 is 2.57 bits per heavy atom. The quantitative estimate of drug-likeness (QED) is 0.639. The zero-order valence-electron chi connectivity index (χ0n) is 15.1. The minimum Gasteiger partial charge on any atom is -0.350 e. The van der Waals surface area contributed by atoms with Crippen molar-refractivity contribution in [3.63, 3.8) is 0 Å². The largest absolute Gasteiger partial charge is 0.350 e. The van der Waals surface area contributed by atoms with Crippen molar-refractivity contribution in [1.82, 2.24) is 14.9 Å². The predicted octanol–water partition coefficient (Wildman–Crippen LogP) is 2.61. The van der Waals surface area contributed by atoms with E-state index < -0.39 is 15.9 Å². The van der Waals surface area contributed by atoms with Crippen LogP contribution >= 0.6 is 11.6 Å². The summed E-state index contributed by atoms with van der Waals surface area (Å²) in [6, 6.07) is 14.0. The summed E-state index contributed by atoms with van der Waals surface area (Å²) in [6.45, 7) is -0.0392. The van der Waals surface area contributed by atoms with Crippen LogP contribution in [0.15, 0.2) is 67.3 Å². The van der Waals surface area contributed by atoms with E-state index in [1.165, 1.54) is 6.07 Å². The van der Waals surface area contributed by atoms with Crippen LogP contribution in [0.1, 0.15) is 5.56 Å². The van der Waals surface area contributed by atoms with Gasteiger partial charge in [-0.3, -0.25) is 9.10 Å². The Balaban J connectivity index is 1.63. The third-order valence-corrected chi connectivity index (χ3v) is 5.39. The Hall–Kier alpha value is -2.84. The molecule has 2 aromatic carbocycles. The maximum Gasteiger partial charge on any atom is 0.241 e. The molecule has 146 valence electrons. The van der Waals surface area contributed by atoms with E-state index in [9.17, 15) is 13.2 Å². The molecule has 0 fully saturated rings. The van der Waals surface area contributed by atoms with Gasteiger partial charge in [0.05, 0.1) is 18.3 Å². The molecule has 0 aliphatic carbocycles. The number of benzene rings is 2. The van der Waals surface area contributed by atoms with Gasteiger partial charge in [-0.1, -0.05) is 29.8 Å². The van der Waals surface area contributed by atoms with Crippen LogP contribution in [-0.4, -0.2) is 36.7 Å². The molecule has 0 saturated heterocycles. The molecule has 7 nitrogen and oxygen atoms in total. The summed E-state index contributed by atoms with van der Waals surface area (Å²) in [4.78, 5) is 16.3. The number of carbonyl (C=O) groups is 1. The van der Waals surface area contributed by atoms with E-state index in [0.29, 0.717) is 10.7 Å². The lowest BCUT2D eigenvalue weighted by molar-refractivity contribution is -0.119. The highest BCUT2D eigenvalue weighted by molar-refractivity contribution is 7.92. The Morgan fingerprint density at radius 2 is 1.96 bits per heavy atom. The lowest BCUT2D eigenvalue weighted by atomic mass is 10.2. The predicted molar refractivity (Wildman–Crippen MR) is 109 cm³/mol. The first-order valence-electron chi connectivity index (χ1n) is 8.40. The Labute approximate surface area is 168 Å². The molecule has 0 bridgehead atoms. The fraction of sp³-hybridized carbons (Fsp3) is 0.158. The SMILES string of the molecule is CS(=O)(=O)N(CC(=O)NCc1ccc(-n2ccnc2)cc1)c1cccc(Cl)c1. The molecule has 0 radical (unpaired) electrons. The van der Waals surface area contributed by atoms with Crippen LogP contribution in [0.4, 0.5) is 5.69 Å². The third kappa shape index (κ3) is 5.11. The number of imidazole rings is 1. The van der Waals surface area contributed by atoms with Crippen LogP contribution in [0.2, 0.25) is 5.02 Å². The van der Waals surface area contributed by atoms with Gasteiger partial charge in [0.1, 0.15) is 6.54 Å². The summed E-state index contributed by atoms with van der Waals surface area (Å²) in [6.07, 6.45) is 6.29. The van der Waals surface area contributed by atoms with Gasteiger partial charge in [0, 0.05) is 29.6 Å². The van der Waals surface area contributed by atoms with Gasteiger partial charge < -0.3 is 9.88 Å². The Kier molecular flexibility index (Phi) is 6.01. The summed E-state index contributed by atoms with van der Waals surface area (Å²) in [5.74, 6) is -0.413. The van der Waals surface area contributed by atoms with Crippen molar-refractivity contribution in [3.8, 4) is 5.69 Å². The van der Waals surface area contributed by atoms with Crippen molar-refractivity contribution in [2.24, 2.45) is 0 Å². The van der Waals surface area contributed by atoms with Gasteiger partial charge in [-0.15, -0.1) is 0 Å². The molecule has 0 aliphatic rings. The van der Waals surface area contributed by atoms with Crippen molar-refractivity contribution in [2.45, 2.75) is 6.54 Å². The smallest absolute Gasteiger partial charge is 0.241 e. The lowest BCUT2D eigenvalue weighted by Crippen LogP contribution is -2.40. The molecule has 3 rings (SSSR count). The van der Waals surface area contributed by atoms with Crippen LogP contribution in [0, 0.1) is 0 Å². The highest BCUT2D eigenvalue weighted by Gasteiger charge is 2.20. The van der Waals surface area contributed by atoms with Gasteiger partial charge in [-0.25, -0.2) is 13.4 Å². The van der Waals surface area contributed by atoms with E-state index in [0.717, 1.165) is 21.8 Å². The average molecular weight is 419 g/mol. The maximum absolute atomic E-state index is 12.3. The van der Waals surface area contributed by atoms with Gasteiger partial charge in [0.25, 0.3) is 0 Å². The van der Waals surface area contributed by atoms with E-state index in [1.807, 2.05) is 35.0 Å². The number of sulfonamides is 1. The molecule has 0 spiro atoms. The van der Waals surface area contributed by atoms with Gasteiger partial charge in [-0.2, -0.15) is 0 Å². The van der Waals surface area contributed by atoms with Crippen molar-refractivity contribution in [3.05, 3.63) is 77.8 Å². The van der Waals surface area contributed by atoms with Crippen molar-refractivity contribution in [1.29, 1.82) is 0 Å². The number of rotatable bonds is 7. The number of amides is 1. The van der Waals surface area contributed by atoms with Gasteiger partial charge in [0.2, 0.25) is 15.9 Å². The van der Waals surface area contributed by atoms with Gasteiger partial charge in [0.15, 0.2) is 0 Å². The fourth-order valence-corrected chi connectivity index (χ4v) is 3.65. The van der Waals surface area contributed by atoms with Crippen molar-refractivity contribution in [2.75, 3.05) is 17.1 Å². The van der Waals surface area contributed by atoms with Crippen LogP contribution in [0.5, 0.6) is 0 Å². The first-order chi connectivity index (χ1) is 13.3. The summed E-state index contributed by atoms with van der Waals surface area (Å²) >= 11 is 5.94. The molecular weight excluding hydrogens is 400 g/mol. The first kappa shape index (κ1) is 19.9. The normalized spacial score (nSPS) is 11.2. The van der Waals surface area contributed by atoms with Crippen LogP contribution in [0.3, 0.4) is 0 Å². The van der Waals surface area contributed by atoms with E-state index in [-0.39, 0.29) is 13.1 Å². The second-order valence-corrected chi connectivity index (χ2v) is 8.51. The third-order valence-electron chi connectivity index (χ3n) is 4.01. The summed E-state index contributed by atoms with van der Waals surface area (Å²) in [7, 11) is -3.64. The van der Waals surface area contributed by atoms with Crippen molar-refractivity contribution >= 4 is 33.2 Å². The highest BCUT2D eigenvalue weighted by Crippen LogP contribution is 2.21. The van der Waals surface area contributed by atoms with E-state index in [2.05, 4.69) is 10.3 Å². The topological polar surface area (TPSA) is 84.3 Å². The van der Waals surface area contributed by atoms with Crippen LogP contribution < -0.4 is 9.62 Å². The minimum absolute atomic E-state index is 0.288. The maximum atomic E-state index is 12.3. The number of hydrogen-bond donors (Lipinski definition) is 1. The minimum atomic E-state index is -3.64. The standard InChI is InChI=1S/C19H19ClN4O3S/c1-28(26,27)24(18-4-2-3-16(20)11-18)13-19(25)22-12-15-5-7-17(8-6-15)23-10-9-21-14-23/h2-11,14H,12-13H2,1H3,(H,22,25). The average Bonchev–Trinajstić information content (AvgIpc) is 3.18. The molecule has 0 atom stereocenters. The molecule has 1 aromatic heterocycles. The molecule has 0 unspecified atom stereocenters. The number of aromatic nitrogens is 2. The molecule has 1 amide bonds. The lowest BCUT2D eigenvalue weighted by Gasteiger charge is -2.22. The summed E-state index contributed by atoms with van der Waals surface area (Å²) < 4.78 is 27.1. The van der Waals surface area contributed by atoms with Crippen molar-refractivity contribution < 1.29 is 13.2 Å². The number of anilines is 1. The highest BCUT2D eigenvalue weighted by atomic mass is 35.5.